The van der Waals surface area contributed by atoms with Gasteiger partial charge >= 0.3 is 6.03 Å². The van der Waals surface area contributed by atoms with E-state index in [2.05, 4.69) is 26.2 Å². The standard InChI is InChI=1S/C16H15ClN6O/c1-11(14-4-2-3-5-15(14)17)19-16(24)20-12-6-8-13(9-7-12)23-10-18-21-22-23/h2-11H,1H3,(H2,19,20,24)/t11-/m1/s1. The molecule has 0 spiro atoms. The fourth-order valence-corrected chi connectivity index (χ4v) is 2.54. The molecule has 2 amide bonds. The number of urea groups is 1. The molecule has 1 aromatic heterocycles. The van der Waals surface area contributed by atoms with Gasteiger partial charge in [0.1, 0.15) is 6.33 Å². The number of nitrogens with one attached hydrogen (secondary N) is 2. The summed E-state index contributed by atoms with van der Waals surface area (Å²) in [5.41, 5.74) is 2.33. The molecule has 1 atom stereocenters. The van der Waals surface area contributed by atoms with Crippen LogP contribution >= 0.6 is 11.6 Å². The number of amides is 2. The Bertz CT molecular complexity index is 819. The van der Waals surface area contributed by atoms with Crippen LogP contribution in [0.15, 0.2) is 54.9 Å². The molecule has 0 saturated heterocycles. The Morgan fingerprint density at radius 3 is 2.58 bits per heavy atom. The van der Waals surface area contributed by atoms with E-state index in [0.717, 1.165) is 11.3 Å². The fraction of sp³-hybridized carbons (Fsp3) is 0.125. The molecule has 8 heteroatoms. The Morgan fingerprint density at radius 1 is 1.17 bits per heavy atom. The van der Waals surface area contributed by atoms with Crippen molar-refractivity contribution in [1.29, 1.82) is 0 Å². The molecule has 3 aromatic rings. The lowest BCUT2D eigenvalue weighted by Crippen LogP contribution is -2.31. The van der Waals surface area contributed by atoms with Crippen LogP contribution in [0.1, 0.15) is 18.5 Å². The number of carbonyl (C=O) groups is 1. The van der Waals surface area contributed by atoms with Gasteiger partial charge in [-0.2, -0.15) is 0 Å². The van der Waals surface area contributed by atoms with E-state index < -0.39 is 0 Å². The van der Waals surface area contributed by atoms with Crippen LogP contribution in [-0.2, 0) is 0 Å². The summed E-state index contributed by atoms with van der Waals surface area (Å²) in [7, 11) is 0. The molecular formula is C16H15ClN6O. The second-order valence-electron chi connectivity index (χ2n) is 5.14. The van der Waals surface area contributed by atoms with Gasteiger partial charge in [0.05, 0.1) is 11.7 Å². The number of aromatic nitrogens is 4. The largest absolute Gasteiger partial charge is 0.331 e. The molecule has 2 N–H and O–H groups in total. The molecule has 0 aliphatic carbocycles. The lowest BCUT2D eigenvalue weighted by Gasteiger charge is -2.16. The van der Waals surface area contributed by atoms with Crippen molar-refractivity contribution in [2.45, 2.75) is 13.0 Å². The zero-order chi connectivity index (χ0) is 16.9. The summed E-state index contributed by atoms with van der Waals surface area (Å²) in [5.74, 6) is 0. The molecule has 122 valence electrons. The first kappa shape index (κ1) is 15.9. The van der Waals surface area contributed by atoms with Crippen LogP contribution in [0.25, 0.3) is 5.69 Å². The van der Waals surface area contributed by atoms with Crippen molar-refractivity contribution in [2.75, 3.05) is 5.32 Å². The van der Waals surface area contributed by atoms with Gasteiger partial charge in [-0.25, -0.2) is 9.48 Å². The van der Waals surface area contributed by atoms with E-state index >= 15 is 0 Å². The minimum Gasteiger partial charge on any atom is -0.331 e. The van der Waals surface area contributed by atoms with E-state index in [4.69, 9.17) is 11.6 Å². The van der Waals surface area contributed by atoms with Crippen molar-refractivity contribution in [1.82, 2.24) is 25.5 Å². The number of tetrazole rings is 1. The number of rotatable bonds is 4. The normalized spacial score (nSPS) is 11.8. The highest BCUT2D eigenvalue weighted by Crippen LogP contribution is 2.22. The number of nitrogens with zero attached hydrogens (tertiary/aromatic N) is 4. The summed E-state index contributed by atoms with van der Waals surface area (Å²) in [6, 6.07) is 14.1. The van der Waals surface area contributed by atoms with Gasteiger partial charge in [-0.1, -0.05) is 29.8 Å². The second kappa shape index (κ2) is 7.10. The number of anilines is 1. The number of halogens is 1. The Kier molecular flexibility index (Phi) is 4.72. The van der Waals surface area contributed by atoms with Crippen molar-refractivity contribution in [3.63, 3.8) is 0 Å². The summed E-state index contributed by atoms with van der Waals surface area (Å²) in [6.45, 7) is 1.88. The van der Waals surface area contributed by atoms with Gasteiger partial charge in [0.2, 0.25) is 0 Å². The Balaban J connectivity index is 1.62. The average molecular weight is 343 g/mol. The minimum atomic E-state index is -0.308. The number of benzene rings is 2. The Hall–Kier alpha value is -2.93. The third-order valence-electron chi connectivity index (χ3n) is 3.46. The highest BCUT2D eigenvalue weighted by atomic mass is 35.5. The highest BCUT2D eigenvalue weighted by Gasteiger charge is 2.12. The summed E-state index contributed by atoms with van der Waals surface area (Å²) < 4.78 is 1.53. The van der Waals surface area contributed by atoms with Crippen molar-refractivity contribution in [2.24, 2.45) is 0 Å². The molecule has 0 fully saturated rings. The molecule has 0 aliphatic rings. The van der Waals surface area contributed by atoms with Crippen LogP contribution in [-0.4, -0.2) is 26.2 Å². The quantitative estimate of drug-likeness (QED) is 0.762. The molecule has 3 rings (SSSR count). The molecule has 0 aliphatic heterocycles. The second-order valence-corrected chi connectivity index (χ2v) is 5.55. The van der Waals surface area contributed by atoms with E-state index in [1.165, 1.54) is 11.0 Å². The zero-order valence-corrected chi connectivity index (χ0v) is 13.6. The molecule has 0 bridgehead atoms. The predicted octanol–water partition coefficient (Wildman–Crippen LogP) is 3.20. The van der Waals surface area contributed by atoms with Gasteiger partial charge in [-0.15, -0.1) is 5.10 Å². The molecule has 0 radical (unpaired) electrons. The van der Waals surface area contributed by atoms with Crippen LogP contribution in [0.4, 0.5) is 10.5 Å². The molecule has 2 aromatic carbocycles. The molecule has 0 unspecified atom stereocenters. The topological polar surface area (TPSA) is 84.7 Å². The summed E-state index contributed by atoms with van der Waals surface area (Å²) in [5, 5.41) is 17.2. The van der Waals surface area contributed by atoms with E-state index in [0.29, 0.717) is 10.7 Å². The first-order valence-corrected chi connectivity index (χ1v) is 7.66. The molecule has 0 saturated carbocycles. The smallest absolute Gasteiger partial charge is 0.319 e. The van der Waals surface area contributed by atoms with E-state index in [1.54, 1.807) is 18.2 Å². The summed E-state index contributed by atoms with van der Waals surface area (Å²) >= 11 is 6.14. The van der Waals surface area contributed by atoms with Gasteiger partial charge < -0.3 is 10.6 Å². The molecule has 24 heavy (non-hydrogen) atoms. The van der Waals surface area contributed by atoms with Gasteiger partial charge in [-0.05, 0) is 53.2 Å². The predicted molar refractivity (Wildman–Crippen MR) is 91.2 cm³/mol. The van der Waals surface area contributed by atoms with Crippen LogP contribution < -0.4 is 10.6 Å². The summed E-state index contributed by atoms with van der Waals surface area (Å²) in [4.78, 5) is 12.1. The van der Waals surface area contributed by atoms with Crippen molar-refractivity contribution in [3.8, 4) is 5.69 Å². The molecule has 1 heterocycles. The Labute approximate surface area is 143 Å². The number of hydrogen-bond acceptors (Lipinski definition) is 4. The monoisotopic (exact) mass is 342 g/mol. The van der Waals surface area contributed by atoms with Crippen LogP contribution in [0.3, 0.4) is 0 Å². The van der Waals surface area contributed by atoms with Crippen molar-refractivity contribution >= 4 is 23.3 Å². The van der Waals surface area contributed by atoms with Crippen molar-refractivity contribution < 1.29 is 4.79 Å². The molecule has 7 nitrogen and oxygen atoms in total. The maximum atomic E-state index is 12.1. The van der Waals surface area contributed by atoms with E-state index in [-0.39, 0.29) is 12.1 Å². The fourth-order valence-electron chi connectivity index (χ4n) is 2.24. The average Bonchev–Trinajstić information content (AvgIpc) is 3.10. The van der Waals surface area contributed by atoms with E-state index in [1.807, 2.05) is 37.3 Å². The lowest BCUT2D eigenvalue weighted by atomic mass is 10.1. The minimum absolute atomic E-state index is 0.209. The zero-order valence-electron chi connectivity index (χ0n) is 12.8. The third-order valence-corrected chi connectivity index (χ3v) is 3.80. The highest BCUT2D eigenvalue weighted by molar-refractivity contribution is 6.31. The van der Waals surface area contributed by atoms with Crippen LogP contribution in [0.2, 0.25) is 5.02 Å². The van der Waals surface area contributed by atoms with E-state index in [9.17, 15) is 4.79 Å². The third kappa shape index (κ3) is 3.69. The van der Waals surface area contributed by atoms with Crippen LogP contribution in [0.5, 0.6) is 0 Å². The molecular weight excluding hydrogens is 328 g/mol. The first-order valence-electron chi connectivity index (χ1n) is 7.29. The summed E-state index contributed by atoms with van der Waals surface area (Å²) in [6.07, 6.45) is 1.50. The van der Waals surface area contributed by atoms with Gasteiger partial charge in [0, 0.05) is 10.7 Å². The maximum Gasteiger partial charge on any atom is 0.319 e. The number of hydrogen-bond donors (Lipinski definition) is 2. The van der Waals surface area contributed by atoms with Crippen LogP contribution in [0, 0.1) is 0 Å². The van der Waals surface area contributed by atoms with Crippen molar-refractivity contribution in [3.05, 3.63) is 65.4 Å². The number of carbonyl (C=O) groups excluding carboxylic acids is 1. The Morgan fingerprint density at radius 2 is 1.92 bits per heavy atom. The van der Waals surface area contributed by atoms with Gasteiger partial charge in [0.25, 0.3) is 0 Å². The van der Waals surface area contributed by atoms with Gasteiger partial charge in [-0.3, -0.25) is 0 Å². The lowest BCUT2D eigenvalue weighted by molar-refractivity contribution is 0.249. The maximum absolute atomic E-state index is 12.1. The SMILES string of the molecule is C[C@@H](NC(=O)Nc1ccc(-n2cnnn2)cc1)c1ccccc1Cl. The first-order chi connectivity index (χ1) is 11.6. The van der Waals surface area contributed by atoms with Gasteiger partial charge in [0.15, 0.2) is 0 Å².